The Morgan fingerprint density at radius 1 is 1.14 bits per heavy atom. The maximum absolute atomic E-state index is 8.74. The SMILES string of the molecule is N.O=S(=O)(O)O.[V]. The van der Waals surface area contributed by atoms with Gasteiger partial charge in [-0.15, -0.1) is 0 Å². The van der Waals surface area contributed by atoms with E-state index in [9.17, 15) is 0 Å². The maximum atomic E-state index is 8.74. The Hall–Kier alpha value is 0.414. The third kappa shape index (κ3) is 728. The molecule has 1 radical (unpaired) electrons. The minimum absolute atomic E-state index is 0. The molecule has 0 aromatic heterocycles. The van der Waals surface area contributed by atoms with E-state index in [4.69, 9.17) is 17.5 Å². The summed E-state index contributed by atoms with van der Waals surface area (Å²) >= 11 is 0. The summed E-state index contributed by atoms with van der Waals surface area (Å²) in [6.45, 7) is 0. The molecule has 0 atom stereocenters. The molecule has 0 rings (SSSR count). The third-order valence-electron chi connectivity index (χ3n) is 0. The third-order valence-corrected chi connectivity index (χ3v) is 0. The first-order valence-electron chi connectivity index (χ1n) is 0.698. The van der Waals surface area contributed by atoms with Gasteiger partial charge in [-0.3, -0.25) is 9.11 Å². The van der Waals surface area contributed by atoms with Gasteiger partial charge in [0.2, 0.25) is 0 Å². The van der Waals surface area contributed by atoms with Crippen molar-refractivity contribution in [3.8, 4) is 0 Å². The molecule has 0 aliphatic heterocycles. The fourth-order valence-electron chi connectivity index (χ4n) is 0. The van der Waals surface area contributed by atoms with E-state index in [0.29, 0.717) is 0 Å². The summed E-state index contributed by atoms with van der Waals surface area (Å²) in [4.78, 5) is 0. The van der Waals surface area contributed by atoms with Crippen molar-refractivity contribution in [2.45, 2.75) is 0 Å². The Bertz CT molecular complexity index is 94.9. The first-order valence-corrected chi connectivity index (χ1v) is 2.10. The minimum atomic E-state index is -4.67. The summed E-state index contributed by atoms with van der Waals surface area (Å²) in [5.74, 6) is 0. The standard InChI is InChI=1S/H3N.H2O4S.V/c;1-5(2,3)4;/h1H3;(H2,1,2,3,4);. The van der Waals surface area contributed by atoms with E-state index in [1.165, 1.54) is 0 Å². The van der Waals surface area contributed by atoms with Crippen LogP contribution in [0.1, 0.15) is 0 Å². The van der Waals surface area contributed by atoms with Gasteiger partial charge in [-0.25, -0.2) is 0 Å². The molecule has 0 aromatic carbocycles. The molecule has 0 bridgehead atoms. The quantitative estimate of drug-likeness (QED) is 0.420. The van der Waals surface area contributed by atoms with Gasteiger partial charge in [0.25, 0.3) is 0 Å². The van der Waals surface area contributed by atoms with Crippen LogP contribution >= 0.6 is 0 Å². The maximum Gasteiger partial charge on any atom is 0.394 e. The molecule has 0 saturated carbocycles. The molecular formula is H5NO4SV. The van der Waals surface area contributed by atoms with Crippen LogP contribution in [0.15, 0.2) is 0 Å². The molecule has 0 spiro atoms. The Kier molecular flexibility index (Phi) is 10.2. The van der Waals surface area contributed by atoms with Crippen molar-refractivity contribution in [2.75, 3.05) is 0 Å². The topological polar surface area (TPSA) is 110 Å². The fraction of sp³-hybridized carbons (Fsp3) is 0. The van der Waals surface area contributed by atoms with Crippen molar-refractivity contribution in [1.82, 2.24) is 6.15 Å². The van der Waals surface area contributed by atoms with E-state index in [0.717, 1.165) is 0 Å². The first kappa shape index (κ1) is 15.7. The molecule has 7 heteroatoms. The van der Waals surface area contributed by atoms with Gasteiger partial charge >= 0.3 is 10.4 Å². The van der Waals surface area contributed by atoms with Crippen LogP contribution in [0, 0.1) is 0 Å². The van der Waals surface area contributed by atoms with E-state index in [2.05, 4.69) is 0 Å². The van der Waals surface area contributed by atoms with Gasteiger partial charge in [-0.05, 0) is 0 Å². The molecule has 45 valence electrons. The van der Waals surface area contributed by atoms with Crippen LogP contribution in [0.2, 0.25) is 0 Å². The number of hydrogen-bond donors (Lipinski definition) is 3. The van der Waals surface area contributed by atoms with Crippen molar-refractivity contribution >= 4 is 10.4 Å². The molecule has 0 aromatic rings. The van der Waals surface area contributed by atoms with Gasteiger partial charge in [0.1, 0.15) is 0 Å². The van der Waals surface area contributed by atoms with Gasteiger partial charge in [0, 0.05) is 18.6 Å². The predicted octanol–water partition coefficient (Wildman–Crippen LogP) is -0.493. The Morgan fingerprint density at radius 3 is 1.14 bits per heavy atom. The van der Waals surface area contributed by atoms with Crippen molar-refractivity contribution in [2.24, 2.45) is 0 Å². The Labute approximate surface area is 53.2 Å². The van der Waals surface area contributed by atoms with Crippen molar-refractivity contribution in [3.05, 3.63) is 0 Å². The van der Waals surface area contributed by atoms with E-state index >= 15 is 0 Å². The largest absolute Gasteiger partial charge is 0.394 e. The summed E-state index contributed by atoms with van der Waals surface area (Å²) in [6, 6.07) is 0. The molecule has 5 N–H and O–H groups in total. The second kappa shape index (κ2) is 4.57. The molecule has 7 heavy (non-hydrogen) atoms. The van der Waals surface area contributed by atoms with E-state index < -0.39 is 10.4 Å². The minimum Gasteiger partial charge on any atom is -0.344 e. The molecule has 0 fully saturated rings. The summed E-state index contributed by atoms with van der Waals surface area (Å²) < 4.78 is 31.6. The van der Waals surface area contributed by atoms with Crippen LogP contribution in [0.3, 0.4) is 0 Å². The Morgan fingerprint density at radius 2 is 1.14 bits per heavy atom. The fourth-order valence-corrected chi connectivity index (χ4v) is 0. The first-order chi connectivity index (χ1) is 2.00. The van der Waals surface area contributed by atoms with Gasteiger partial charge in [-0.1, -0.05) is 0 Å². The smallest absolute Gasteiger partial charge is 0.344 e. The van der Waals surface area contributed by atoms with Gasteiger partial charge in [0.05, 0.1) is 0 Å². The zero-order valence-electron chi connectivity index (χ0n) is 3.27. The van der Waals surface area contributed by atoms with E-state index in [-0.39, 0.29) is 24.7 Å². The predicted molar refractivity (Wildman–Crippen MR) is 19.2 cm³/mol. The zero-order valence-corrected chi connectivity index (χ0v) is 5.49. The monoisotopic (exact) mass is 166 g/mol. The van der Waals surface area contributed by atoms with Gasteiger partial charge in [0.15, 0.2) is 0 Å². The normalized spacial score (nSPS) is 8.29. The van der Waals surface area contributed by atoms with Crippen molar-refractivity contribution in [1.29, 1.82) is 0 Å². The summed E-state index contributed by atoms with van der Waals surface area (Å²) in [6.07, 6.45) is 0. The average Bonchev–Trinajstić information content (AvgIpc) is 0.722. The van der Waals surface area contributed by atoms with Crippen LogP contribution in [0.25, 0.3) is 0 Å². The second-order valence-corrected chi connectivity index (χ2v) is 1.34. The van der Waals surface area contributed by atoms with Crippen LogP contribution in [0.5, 0.6) is 0 Å². The summed E-state index contributed by atoms with van der Waals surface area (Å²) in [7, 11) is -4.67. The van der Waals surface area contributed by atoms with Crippen LogP contribution in [-0.4, -0.2) is 17.5 Å². The molecule has 0 aliphatic carbocycles. The van der Waals surface area contributed by atoms with Crippen LogP contribution in [0.4, 0.5) is 0 Å². The molecular weight excluding hydrogens is 161 g/mol. The molecule has 0 amide bonds. The van der Waals surface area contributed by atoms with Crippen LogP contribution in [-0.2, 0) is 29.0 Å². The van der Waals surface area contributed by atoms with Crippen LogP contribution < -0.4 is 6.15 Å². The average molecular weight is 166 g/mol. The summed E-state index contributed by atoms with van der Waals surface area (Å²) in [5.41, 5.74) is 0. The van der Waals surface area contributed by atoms with Gasteiger partial charge < -0.3 is 6.15 Å². The molecule has 0 saturated heterocycles. The second-order valence-electron chi connectivity index (χ2n) is 0.448. The molecule has 0 heterocycles. The van der Waals surface area contributed by atoms with Gasteiger partial charge in [-0.2, -0.15) is 8.42 Å². The molecule has 5 nitrogen and oxygen atoms in total. The van der Waals surface area contributed by atoms with E-state index in [1.54, 1.807) is 0 Å². The van der Waals surface area contributed by atoms with Crippen molar-refractivity contribution < 1.29 is 36.1 Å². The van der Waals surface area contributed by atoms with E-state index in [1.807, 2.05) is 0 Å². The number of rotatable bonds is 0. The molecule has 0 unspecified atom stereocenters. The van der Waals surface area contributed by atoms with Crippen molar-refractivity contribution in [3.63, 3.8) is 0 Å². The summed E-state index contributed by atoms with van der Waals surface area (Å²) in [5, 5.41) is 0. The number of hydrogen-bond acceptors (Lipinski definition) is 3. The Balaban J connectivity index is -0.0000000800. The zero-order chi connectivity index (χ0) is 4.50. The molecule has 0 aliphatic rings.